The summed E-state index contributed by atoms with van der Waals surface area (Å²) in [6.07, 6.45) is 5.29. The molecule has 110 valence electrons. The molecule has 21 heavy (non-hydrogen) atoms. The SMILES string of the molecule is CCCNC(C#N)(CSc1nnc2ccccn12)C1CC1. The standard InChI is InChI=1S/C15H19N5S/c1-2-8-17-15(10-16,12-6-7-12)11-21-14-19-18-13-5-3-4-9-20(13)14/h3-5,9,12,17H,2,6-8,11H2,1H3. The zero-order valence-electron chi connectivity index (χ0n) is 12.1. The summed E-state index contributed by atoms with van der Waals surface area (Å²) in [6.45, 7) is 3.01. The molecule has 3 rings (SSSR count). The van der Waals surface area contributed by atoms with Gasteiger partial charge in [0.1, 0.15) is 5.54 Å². The van der Waals surface area contributed by atoms with Gasteiger partial charge in [-0.25, -0.2) is 0 Å². The van der Waals surface area contributed by atoms with Gasteiger partial charge in [-0.15, -0.1) is 10.2 Å². The zero-order valence-corrected chi connectivity index (χ0v) is 12.9. The molecule has 2 aromatic heterocycles. The summed E-state index contributed by atoms with van der Waals surface area (Å²) in [5.74, 6) is 1.19. The first-order valence-corrected chi connectivity index (χ1v) is 8.36. The van der Waals surface area contributed by atoms with Crippen molar-refractivity contribution in [2.45, 2.75) is 36.9 Å². The molecule has 0 saturated heterocycles. The molecule has 2 aromatic rings. The van der Waals surface area contributed by atoms with E-state index in [9.17, 15) is 5.26 Å². The molecule has 0 aliphatic heterocycles. The molecule has 6 heteroatoms. The quantitative estimate of drug-likeness (QED) is 0.796. The van der Waals surface area contributed by atoms with Crippen LogP contribution in [0.25, 0.3) is 5.65 Å². The lowest BCUT2D eigenvalue weighted by molar-refractivity contribution is 0.405. The summed E-state index contributed by atoms with van der Waals surface area (Å²) in [5.41, 5.74) is 0.414. The number of nitrogens with zero attached hydrogens (tertiary/aromatic N) is 4. The van der Waals surface area contributed by atoms with E-state index in [1.54, 1.807) is 11.8 Å². The molecular formula is C15H19N5S. The number of aromatic nitrogens is 3. The number of nitrogens with one attached hydrogen (secondary N) is 1. The lowest BCUT2D eigenvalue weighted by atomic mass is 9.97. The van der Waals surface area contributed by atoms with Crippen molar-refractivity contribution in [2.24, 2.45) is 5.92 Å². The van der Waals surface area contributed by atoms with Gasteiger partial charge < -0.3 is 0 Å². The van der Waals surface area contributed by atoms with Gasteiger partial charge in [0.15, 0.2) is 10.8 Å². The number of nitriles is 1. The van der Waals surface area contributed by atoms with Crippen molar-refractivity contribution in [1.29, 1.82) is 5.26 Å². The van der Waals surface area contributed by atoms with Gasteiger partial charge in [0.2, 0.25) is 0 Å². The Morgan fingerprint density at radius 1 is 1.48 bits per heavy atom. The van der Waals surface area contributed by atoms with Gasteiger partial charge in [0.05, 0.1) is 6.07 Å². The third-order valence-corrected chi connectivity index (χ3v) is 5.01. The average molecular weight is 301 g/mol. The molecule has 1 N–H and O–H groups in total. The highest BCUT2D eigenvalue weighted by molar-refractivity contribution is 7.99. The lowest BCUT2D eigenvalue weighted by Gasteiger charge is -2.27. The van der Waals surface area contributed by atoms with E-state index in [1.165, 1.54) is 0 Å². The number of fused-ring (bicyclic) bond motifs is 1. The third kappa shape index (κ3) is 2.89. The minimum Gasteiger partial charge on any atom is -0.298 e. The van der Waals surface area contributed by atoms with Crippen LogP contribution in [0, 0.1) is 17.2 Å². The van der Waals surface area contributed by atoms with Gasteiger partial charge in [-0.3, -0.25) is 9.72 Å². The maximum atomic E-state index is 9.69. The van der Waals surface area contributed by atoms with E-state index >= 15 is 0 Å². The predicted octanol–water partition coefficient (Wildman–Crippen LogP) is 2.49. The Balaban J connectivity index is 1.76. The maximum absolute atomic E-state index is 9.69. The third-order valence-electron chi connectivity index (χ3n) is 3.88. The van der Waals surface area contributed by atoms with Crippen molar-refractivity contribution in [2.75, 3.05) is 12.3 Å². The molecule has 1 aliphatic rings. The van der Waals surface area contributed by atoms with Crippen LogP contribution in [0.4, 0.5) is 0 Å². The second-order valence-electron chi connectivity index (χ2n) is 5.48. The minimum absolute atomic E-state index is 0.429. The second kappa shape index (κ2) is 6.04. The summed E-state index contributed by atoms with van der Waals surface area (Å²) in [6, 6.07) is 8.38. The molecule has 1 fully saturated rings. The summed E-state index contributed by atoms with van der Waals surface area (Å²) in [7, 11) is 0. The summed E-state index contributed by atoms with van der Waals surface area (Å²) in [4.78, 5) is 0. The Morgan fingerprint density at radius 3 is 3.05 bits per heavy atom. The average Bonchev–Trinajstić information content (AvgIpc) is 3.30. The highest BCUT2D eigenvalue weighted by Crippen LogP contribution is 2.42. The van der Waals surface area contributed by atoms with Crippen LogP contribution in [0.2, 0.25) is 0 Å². The van der Waals surface area contributed by atoms with E-state index in [-0.39, 0.29) is 0 Å². The Kier molecular flexibility index (Phi) is 4.13. The van der Waals surface area contributed by atoms with Crippen LogP contribution in [0.1, 0.15) is 26.2 Å². The minimum atomic E-state index is -0.429. The first-order chi connectivity index (χ1) is 10.3. The monoisotopic (exact) mass is 301 g/mol. The molecule has 0 aromatic carbocycles. The van der Waals surface area contributed by atoms with Crippen LogP contribution < -0.4 is 5.32 Å². The van der Waals surface area contributed by atoms with Crippen molar-refractivity contribution in [3.63, 3.8) is 0 Å². The summed E-state index contributed by atoms with van der Waals surface area (Å²) >= 11 is 1.61. The van der Waals surface area contributed by atoms with Gasteiger partial charge in [0, 0.05) is 11.9 Å². The Hall–Kier alpha value is -1.58. The van der Waals surface area contributed by atoms with Crippen LogP contribution in [-0.2, 0) is 0 Å². The molecule has 2 heterocycles. The largest absolute Gasteiger partial charge is 0.298 e. The van der Waals surface area contributed by atoms with Gasteiger partial charge in [-0.2, -0.15) is 5.26 Å². The van der Waals surface area contributed by atoms with E-state index in [0.29, 0.717) is 11.7 Å². The van der Waals surface area contributed by atoms with Crippen molar-refractivity contribution in [1.82, 2.24) is 19.9 Å². The molecule has 0 amide bonds. The van der Waals surface area contributed by atoms with Crippen molar-refractivity contribution in [3.05, 3.63) is 24.4 Å². The number of thioether (sulfide) groups is 1. The van der Waals surface area contributed by atoms with Crippen LogP contribution in [0.5, 0.6) is 0 Å². The van der Waals surface area contributed by atoms with Gasteiger partial charge in [-0.1, -0.05) is 24.8 Å². The van der Waals surface area contributed by atoms with E-state index in [1.807, 2.05) is 28.8 Å². The second-order valence-corrected chi connectivity index (χ2v) is 6.43. The molecule has 0 radical (unpaired) electrons. The summed E-state index contributed by atoms with van der Waals surface area (Å²) < 4.78 is 1.97. The molecule has 1 atom stereocenters. The molecule has 0 bridgehead atoms. The number of pyridine rings is 1. The van der Waals surface area contributed by atoms with E-state index in [4.69, 9.17) is 0 Å². The number of hydrogen-bond acceptors (Lipinski definition) is 5. The van der Waals surface area contributed by atoms with E-state index < -0.39 is 5.54 Å². The van der Waals surface area contributed by atoms with Crippen molar-refractivity contribution >= 4 is 17.4 Å². The smallest absolute Gasteiger partial charge is 0.195 e. The first kappa shape index (κ1) is 14.4. The fourth-order valence-electron chi connectivity index (χ4n) is 2.50. The van der Waals surface area contributed by atoms with Gasteiger partial charge in [-0.05, 0) is 43.9 Å². The first-order valence-electron chi connectivity index (χ1n) is 7.38. The summed E-state index contributed by atoms with van der Waals surface area (Å²) in [5, 5.41) is 22.4. The number of rotatable bonds is 7. The fraction of sp³-hybridized carbons (Fsp3) is 0.533. The molecular weight excluding hydrogens is 282 g/mol. The lowest BCUT2D eigenvalue weighted by Crippen LogP contribution is -2.48. The van der Waals surface area contributed by atoms with Crippen LogP contribution in [0.15, 0.2) is 29.6 Å². The van der Waals surface area contributed by atoms with Gasteiger partial charge in [0.25, 0.3) is 0 Å². The highest BCUT2D eigenvalue weighted by Gasteiger charge is 2.45. The Labute approximate surface area is 128 Å². The molecule has 1 aliphatic carbocycles. The van der Waals surface area contributed by atoms with E-state index in [2.05, 4.69) is 28.5 Å². The predicted molar refractivity (Wildman–Crippen MR) is 83.1 cm³/mol. The Bertz CT molecular complexity index is 657. The van der Waals surface area contributed by atoms with E-state index in [0.717, 1.165) is 36.6 Å². The Morgan fingerprint density at radius 2 is 2.33 bits per heavy atom. The van der Waals surface area contributed by atoms with Crippen LogP contribution >= 0.6 is 11.8 Å². The van der Waals surface area contributed by atoms with Gasteiger partial charge >= 0.3 is 0 Å². The normalized spacial score (nSPS) is 17.5. The zero-order chi connectivity index (χ0) is 14.7. The molecule has 1 unspecified atom stereocenters. The molecule has 5 nitrogen and oxygen atoms in total. The van der Waals surface area contributed by atoms with Crippen LogP contribution in [0.3, 0.4) is 0 Å². The van der Waals surface area contributed by atoms with Crippen molar-refractivity contribution in [3.8, 4) is 6.07 Å². The maximum Gasteiger partial charge on any atom is 0.195 e. The fourth-order valence-corrected chi connectivity index (χ4v) is 3.65. The van der Waals surface area contributed by atoms with Crippen LogP contribution in [-0.4, -0.2) is 32.4 Å². The van der Waals surface area contributed by atoms with Crippen molar-refractivity contribution < 1.29 is 0 Å². The molecule has 0 spiro atoms. The highest BCUT2D eigenvalue weighted by atomic mass is 32.2. The topological polar surface area (TPSA) is 66.0 Å². The number of hydrogen-bond donors (Lipinski definition) is 1. The molecule has 1 saturated carbocycles.